The molecule has 1 aromatic heterocycles. The first kappa shape index (κ1) is 19.2. The summed E-state index contributed by atoms with van der Waals surface area (Å²) < 4.78 is 5.58. The molecule has 1 aromatic carbocycles. The van der Waals surface area contributed by atoms with Crippen LogP contribution in [0, 0.1) is 13.8 Å². The van der Waals surface area contributed by atoms with Gasteiger partial charge in [-0.2, -0.15) is 0 Å². The molecule has 0 saturated heterocycles. The van der Waals surface area contributed by atoms with E-state index in [2.05, 4.69) is 10.3 Å². The highest BCUT2D eigenvalue weighted by Crippen LogP contribution is 2.36. The van der Waals surface area contributed by atoms with Crippen LogP contribution in [0.25, 0.3) is 0 Å². The van der Waals surface area contributed by atoms with Gasteiger partial charge in [0.2, 0.25) is 11.8 Å². The lowest BCUT2D eigenvalue weighted by Crippen LogP contribution is -2.43. The second kappa shape index (κ2) is 8.43. The SMILES string of the molecule is CCOc1ccccc1CNC(=O)CN1C(=O)CSc2nc(C)cc(C)c21. The summed E-state index contributed by atoms with van der Waals surface area (Å²) in [4.78, 5) is 31.0. The molecule has 7 heteroatoms. The summed E-state index contributed by atoms with van der Waals surface area (Å²) in [5.74, 6) is 0.758. The first-order valence-corrected chi connectivity index (χ1v) is 9.87. The molecule has 2 heterocycles. The number of aryl methyl sites for hydroxylation is 2. The lowest BCUT2D eigenvalue weighted by Gasteiger charge is -2.29. The summed E-state index contributed by atoms with van der Waals surface area (Å²) in [7, 11) is 0. The van der Waals surface area contributed by atoms with E-state index in [0.717, 1.165) is 33.3 Å². The third-order valence-corrected chi connectivity index (χ3v) is 5.18. The van der Waals surface area contributed by atoms with Crippen molar-refractivity contribution < 1.29 is 14.3 Å². The average Bonchev–Trinajstić information content (AvgIpc) is 2.63. The maximum Gasteiger partial charge on any atom is 0.240 e. The van der Waals surface area contributed by atoms with Crippen LogP contribution in [0.3, 0.4) is 0 Å². The second-order valence-corrected chi connectivity index (χ2v) is 7.28. The number of benzene rings is 1. The van der Waals surface area contributed by atoms with Crippen molar-refractivity contribution in [1.29, 1.82) is 0 Å². The zero-order valence-corrected chi connectivity index (χ0v) is 16.6. The Morgan fingerprint density at radius 2 is 2.11 bits per heavy atom. The highest BCUT2D eigenvalue weighted by Gasteiger charge is 2.29. The van der Waals surface area contributed by atoms with Crippen LogP contribution >= 0.6 is 11.8 Å². The number of nitrogens with one attached hydrogen (secondary N) is 1. The van der Waals surface area contributed by atoms with Gasteiger partial charge in [0, 0.05) is 17.8 Å². The molecule has 2 amide bonds. The van der Waals surface area contributed by atoms with Gasteiger partial charge in [0.15, 0.2) is 0 Å². The van der Waals surface area contributed by atoms with Gasteiger partial charge in [0.1, 0.15) is 17.3 Å². The Kier molecular flexibility index (Phi) is 6.01. The van der Waals surface area contributed by atoms with Crippen molar-refractivity contribution in [3.8, 4) is 5.75 Å². The Hall–Kier alpha value is -2.54. The van der Waals surface area contributed by atoms with Crippen LogP contribution in [0.1, 0.15) is 23.7 Å². The zero-order chi connectivity index (χ0) is 19.4. The van der Waals surface area contributed by atoms with Crippen LogP contribution in [0.4, 0.5) is 5.69 Å². The summed E-state index contributed by atoms with van der Waals surface area (Å²) in [6.07, 6.45) is 0. The van der Waals surface area contributed by atoms with Gasteiger partial charge in [-0.1, -0.05) is 30.0 Å². The zero-order valence-electron chi connectivity index (χ0n) is 15.7. The topological polar surface area (TPSA) is 71.5 Å². The van der Waals surface area contributed by atoms with Crippen LogP contribution in [-0.4, -0.2) is 35.7 Å². The molecule has 0 fully saturated rings. The molecule has 3 rings (SSSR count). The Labute approximate surface area is 163 Å². The van der Waals surface area contributed by atoms with Crippen molar-refractivity contribution in [2.24, 2.45) is 0 Å². The van der Waals surface area contributed by atoms with E-state index in [0.29, 0.717) is 18.9 Å². The van der Waals surface area contributed by atoms with E-state index in [1.807, 2.05) is 51.1 Å². The number of aromatic nitrogens is 1. The van der Waals surface area contributed by atoms with E-state index < -0.39 is 0 Å². The van der Waals surface area contributed by atoms with Crippen molar-refractivity contribution in [1.82, 2.24) is 10.3 Å². The number of pyridine rings is 1. The van der Waals surface area contributed by atoms with Crippen molar-refractivity contribution >= 4 is 29.3 Å². The number of hydrogen-bond donors (Lipinski definition) is 1. The number of carbonyl (C=O) groups is 2. The van der Waals surface area contributed by atoms with E-state index >= 15 is 0 Å². The van der Waals surface area contributed by atoms with Crippen LogP contribution < -0.4 is 15.0 Å². The van der Waals surface area contributed by atoms with Gasteiger partial charge >= 0.3 is 0 Å². The molecule has 1 aliphatic rings. The van der Waals surface area contributed by atoms with Crippen molar-refractivity contribution in [2.75, 3.05) is 23.8 Å². The Balaban J connectivity index is 1.71. The van der Waals surface area contributed by atoms with E-state index in [9.17, 15) is 9.59 Å². The van der Waals surface area contributed by atoms with Crippen molar-refractivity contribution in [3.05, 3.63) is 47.2 Å². The Morgan fingerprint density at radius 3 is 2.89 bits per heavy atom. The number of hydrogen-bond acceptors (Lipinski definition) is 5. The normalized spacial score (nSPS) is 13.3. The molecule has 1 aliphatic heterocycles. The van der Waals surface area contributed by atoms with Gasteiger partial charge in [-0.15, -0.1) is 0 Å². The smallest absolute Gasteiger partial charge is 0.240 e. The summed E-state index contributed by atoms with van der Waals surface area (Å²) in [6, 6.07) is 9.53. The number of rotatable bonds is 6. The van der Waals surface area contributed by atoms with Crippen molar-refractivity contribution in [3.63, 3.8) is 0 Å². The minimum atomic E-state index is -0.215. The van der Waals surface area contributed by atoms with Gasteiger partial charge in [0.05, 0.1) is 18.0 Å². The lowest BCUT2D eigenvalue weighted by atomic mass is 10.2. The summed E-state index contributed by atoms with van der Waals surface area (Å²) >= 11 is 1.42. The van der Waals surface area contributed by atoms with Crippen LogP contribution in [0.15, 0.2) is 35.4 Å². The molecule has 142 valence electrons. The molecular formula is C20H23N3O3S. The first-order chi connectivity index (χ1) is 13.0. The van der Waals surface area contributed by atoms with Crippen LogP contribution in [0.5, 0.6) is 5.75 Å². The number of para-hydroxylation sites is 1. The maximum atomic E-state index is 12.5. The molecular weight excluding hydrogens is 362 g/mol. The third kappa shape index (κ3) is 4.42. The number of thioether (sulfide) groups is 1. The number of fused-ring (bicyclic) bond motifs is 1. The van der Waals surface area contributed by atoms with Gasteiger partial charge < -0.3 is 10.1 Å². The predicted molar refractivity (Wildman–Crippen MR) is 106 cm³/mol. The van der Waals surface area contributed by atoms with Gasteiger partial charge in [-0.05, 0) is 38.5 Å². The molecule has 27 heavy (non-hydrogen) atoms. The molecule has 0 unspecified atom stereocenters. The fourth-order valence-electron chi connectivity index (χ4n) is 3.06. The van der Waals surface area contributed by atoms with Crippen LogP contribution in [0.2, 0.25) is 0 Å². The Morgan fingerprint density at radius 1 is 1.33 bits per heavy atom. The molecule has 0 spiro atoms. The minimum absolute atomic E-state index is 0.0191. The van der Waals surface area contributed by atoms with Gasteiger partial charge in [-0.25, -0.2) is 4.98 Å². The fraction of sp³-hybridized carbons (Fsp3) is 0.350. The first-order valence-electron chi connectivity index (χ1n) is 8.88. The molecule has 6 nitrogen and oxygen atoms in total. The van der Waals surface area contributed by atoms with E-state index in [-0.39, 0.29) is 18.4 Å². The monoisotopic (exact) mass is 385 g/mol. The second-order valence-electron chi connectivity index (χ2n) is 6.32. The van der Waals surface area contributed by atoms with Crippen LogP contribution in [-0.2, 0) is 16.1 Å². The molecule has 0 bridgehead atoms. The lowest BCUT2D eigenvalue weighted by molar-refractivity contribution is -0.123. The molecule has 2 aromatic rings. The number of nitrogens with zero attached hydrogens (tertiary/aromatic N) is 2. The van der Waals surface area contributed by atoms with E-state index in [1.165, 1.54) is 16.7 Å². The minimum Gasteiger partial charge on any atom is -0.494 e. The molecule has 0 radical (unpaired) electrons. The third-order valence-electron chi connectivity index (χ3n) is 4.23. The van der Waals surface area contributed by atoms with E-state index in [1.54, 1.807) is 0 Å². The number of ether oxygens (including phenoxy) is 1. The molecule has 0 aliphatic carbocycles. The summed E-state index contributed by atoms with van der Waals surface area (Å²) in [5, 5.41) is 3.69. The highest BCUT2D eigenvalue weighted by atomic mass is 32.2. The molecule has 1 N–H and O–H groups in total. The summed E-state index contributed by atoms with van der Waals surface area (Å²) in [5.41, 5.74) is 3.51. The maximum absolute atomic E-state index is 12.5. The van der Waals surface area contributed by atoms with Gasteiger partial charge in [0.25, 0.3) is 0 Å². The summed E-state index contributed by atoms with van der Waals surface area (Å²) in [6.45, 7) is 6.68. The van der Waals surface area contributed by atoms with Crippen molar-refractivity contribution in [2.45, 2.75) is 32.3 Å². The highest BCUT2D eigenvalue weighted by molar-refractivity contribution is 8.00. The number of amides is 2. The predicted octanol–water partition coefficient (Wildman–Crippen LogP) is 2.85. The fourth-order valence-corrected chi connectivity index (χ4v) is 4.10. The van der Waals surface area contributed by atoms with Gasteiger partial charge in [-0.3, -0.25) is 14.5 Å². The average molecular weight is 385 g/mol. The van der Waals surface area contributed by atoms with E-state index in [4.69, 9.17) is 4.74 Å². The molecule has 0 atom stereocenters. The number of carbonyl (C=O) groups excluding carboxylic acids is 2. The standard InChI is InChI=1S/C20H23N3O3S/c1-4-26-16-8-6-5-7-15(16)10-21-17(24)11-23-18(25)12-27-20-19(23)13(2)9-14(3)22-20/h5-9H,4,10-12H2,1-3H3,(H,21,24). The quantitative estimate of drug-likeness (QED) is 0.828. The number of anilines is 1. The molecule has 0 saturated carbocycles. The largest absolute Gasteiger partial charge is 0.494 e. The Bertz CT molecular complexity index is 870.